The minimum atomic E-state index is -3.67. The van der Waals surface area contributed by atoms with E-state index in [9.17, 15) is 8.42 Å². The Hall–Kier alpha value is -2.35. The third-order valence-corrected chi connectivity index (χ3v) is 4.69. The molecule has 0 aliphatic heterocycles. The lowest BCUT2D eigenvalue weighted by atomic mass is 9.92. The fourth-order valence-electron chi connectivity index (χ4n) is 2.32. The molecule has 1 N–H and O–H groups in total. The van der Waals surface area contributed by atoms with Gasteiger partial charge in [-0.2, -0.15) is 5.10 Å². The van der Waals surface area contributed by atoms with Crippen LogP contribution in [0.25, 0.3) is 11.1 Å². The Morgan fingerprint density at radius 1 is 1.29 bits per heavy atom. The molecule has 3 aromatic rings. The van der Waals surface area contributed by atoms with Crippen molar-refractivity contribution in [3.63, 3.8) is 0 Å². The fourth-order valence-corrected chi connectivity index (χ4v) is 3.35. The zero-order chi connectivity index (χ0) is 17.5. The lowest BCUT2D eigenvalue weighted by Gasteiger charge is -2.14. The summed E-state index contributed by atoms with van der Waals surface area (Å²) in [5.41, 5.74) is 1.76. The molecule has 0 spiro atoms. The Morgan fingerprint density at radius 2 is 2.04 bits per heavy atom. The smallest absolute Gasteiger partial charge is 0.265 e. The number of sulfonamides is 1. The first-order valence-corrected chi connectivity index (χ1v) is 9.02. The van der Waals surface area contributed by atoms with Crippen LogP contribution >= 0.6 is 0 Å². The summed E-state index contributed by atoms with van der Waals surface area (Å²) in [7, 11) is -2.01. The summed E-state index contributed by atoms with van der Waals surface area (Å²) in [6.45, 7) is 6.32. The normalized spacial score (nSPS) is 12.7. The maximum absolute atomic E-state index is 12.3. The van der Waals surface area contributed by atoms with Crippen molar-refractivity contribution >= 4 is 26.8 Å². The van der Waals surface area contributed by atoms with Crippen LogP contribution in [0.2, 0.25) is 0 Å². The average Bonchev–Trinajstić information content (AvgIpc) is 3.02. The number of aromatic nitrogens is 3. The molecule has 0 atom stereocenters. The van der Waals surface area contributed by atoms with Crippen LogP contribution in [-0.4, -0.2) is 23.2 Å². The second kappa shape index (κ2) is 5.62. The van der Waals surface area contributed by atoms with Gasteiger partial charge in [0.1, 0.15) is 10.4 Å². The van der Waals surface area contributed by atoms with Crippen LogP contribution in [-0.2, 0) is 23.5 Å². The van der Waals surface area contributed by atoms with E-state index >= 15 is 0 Å². The SMILES string of the molecule is Cn1cc(S(=O)(=O)Nc2ccc3oc(CC(C)(C)C)nc3c2)cn1. The number of benzene rings is 1. The highest BCUT2D eigenvalue weighted by Crippen LogP contribution is 2.26. The van der Waals surface area contributed by atoms with Crippen molar-refractivity contribution in [3.8, 4) is 0 Å². The molecule has 7 nitrogen and oxygen atoms in total. The van der Waals surface area contributed by atoms with E-state index in [0.717, 1.165) is 0 Å². The molecule has 128 valence electrons. The van der Waals surface area contributed by atoms with Gasteiger partial charge in [0.05, 0.1) is 11.9 Å². The quantitative estimate of drug-likeness (QED) is 0.783. The zero-order valence-electron chi connectivity index (χ0n) is 14.1. The first-order valence-electron chi connectivity index (χ1n) is 7.53. The number of aryl methyl sites for hydroxylation is 1. The van der Waals surface area contributed by atoms with Gasteiger partial charge in [0.25, 0.3) is 10.0 Å². The summed E-state index contributed by atoms with van der Waals surface area (Å²) in [5.74, 6) is 0.643. The lowest BCUT2D eigenvalue weighted by molar-refractivity contribution is 0.362. The molecule has 0 saturated carbocycles. The molecule has 0 bridgehead atoms. The van der Waals surface area contributed by atoms with Gasteiger partial charge in [0.15, 0.2) is 11.5 Å². The van der Waals surface area contributed by atoms with Crippen LogP contribution in [0.15, 0.2) is 39.9 Å². The average molecular weight is 348 g/mol. The van der Waals surface area contributed by atoms with Crippen molar-refractivity contribution in [1.82, 2.24) is 14.8 Å². The monoisotopic (exact) mass is 348 g/mol. The molecular weight excluding hydrogens is 328 g/mol. The van der Waals surface area contributed by atoms with Crippen molar-refractivity contribution in [1.29, 1.82) is 0 Å². The van der Waals surface area contributed by atoms with Crippen molar-refractivity contribution in [2.24, 2.45) is 12.5 Å². The molecule has 8 heteroatoms. The summed E-state index contributed by atoms with van der Waals surface area (Å²) in [5, 5.41) is 3.88. The van der Waals surface area contributed by atoms with Gasteiger partial charge in [-0.15, -0.1) is 0 Å². The second-order valence-electron chi connectivity index (χ2n) is 6.98. The van der Waals surface area contributed by atoms with Gasteiger partial charge in [0, 0.05) is 19.7 Å². The van der Waals surface area contributed by atoms with Crippen LogP contribution in [0, 0.1) is 5.41 Å². The van der Waals surface area contributed by atoms with Gasteiger partial charge in [-0.05, 0) is 23.6 Å². The third-order valence-electron chi connectivity index (χ3n) is 3.36. The van der Waals surface area contributed by atoms with E-state index in [2.05, 4.69) is 35.6 Å². The summed E-state index contributed by atoms with van der Waals surface area (Å²) >= 11 is 0. The van der Waals surface area contributed by atoms with E-state index < -0.39 is 10.0 Å². The highest BCUT2D eigenvalue weighted by Gasteiger charge is 2.18. The minimum absolute atomic E-state index is 0.0611. The van der Waals surface area contributed by atoms with E-state index in [1.807, 2.05) is 0 Å². The molecule has 2 heterocycles. The Bertz CT molecular complexity index is 980. The predicted octanol–water partition coefficient (Wildman–Crippen LogP) is 2.95. The Morgan fingerprint density at radius 3 is 2.67 bits per heavy atom. The molecule has 0 saturated heterocycles. The number of fused-ring (bicyclic) bond motifs is 1. The van der Waals surface area contributed by atoms with Crippen LogP contribution in [0.4, 0.5) is 5.69 Å². The van der Waals surface area contributed by atoms with Gasteiger partial charge >= 0.3 is 0 Å². The maximum Gasteiger partial charge on any atom is 0.265 e. The molecule has 3 rings (SSSR count). The van der Waals surface area contributed by atoms with Crippen LogP contribution in [0.5, 0.6) is 0 Å². The van der Waals surface area contributed by atoms with E-state index in [1.165, 1.54) is 17.1 Å². The topological polar surface area (TPSA) is 90.0 Å². The summed E-state index contributed by atoms with van der Waals surface area (Å²) in [6.07, 6.45) is 3.45. The molecule has 0 radical (unpaired) electrons. The predicted molar refractivity (Wildman–Crippen MR) is 91.2 cm³/mol. The first-order chi connectivity index (χ1) is 11.1. The van der Waals surface area contributed by atoms with E-state index in [1.54, 1.807) is 25.2 Å². The van der Waals surface area contributed by atoms with Crippen molar-refractivity contribution in [2.75, 3.05) is 4.72 Å². The highest BCUT2D eigenvalue weighted by atomic mass is 32.2. The number of hydrogen-bond acceptors (Lipinski definition) is 5. The van der Waals surface area contributed by atoms with E-state index in [0.29, 0.717) is 29.1 Å². The lowest BCUT2D eigenvalue weighted by Crippen LogP contribution is -2.12. The van der Waals surface area contributed by atoms with E-state index in [-0.39, 0.29) is 10.3 Å². The van der Waals surface area contributed by atoms with Crippen LogP contribution in [0.1, 0.15) is 26.7 Å². The van der Waals surface area contributed by atoms with Crippen molar-refractivity contribution < 1.29 is 12.8 Å². The molecular formula is C16H20N4O3S. The second-order valence-corrected chi connectivity index (χ2v) is 8.67. The number of anilines is 1. The molecule has 2 aromatic heterocycles. The molecule has 0 amide bonds. The number of nitrogens with zero attached hydrogens (tertiary/aromatic N) is 3. The molecule has 0 aliphatic rings. The number of nitrogens with one attached hydrogen (secondary N) is 1. The van der Waals surface area contributed by atoms with Gasteiger partial charge in [-0.25, -0.2) is 13.4 Å². The summed E-state index contributed by atoms with van der Waals surface area (Å²) in [6, 6.07) is 5.04. The zero-order valence-corrected chi connectivity index (χ0v) is 14.9. The molecule has 24 heavy (non-hydrogen) atoms. The van der Waals surface area contributed by atoms with Crippen LogP contribution in [0.3, 0.4) is 0 Å². The summed E-state index contributed by atoms with van der Waals surface area (Å²) < 4.78 is 34.4. The summed E-state index contributed by atoms with van der Waals surface area (Å²) in [4.78, 5) is 4.56. The molecule has 0 fully saturated rings. The standard InChI is InChI=1S/C16H20N4O3S/c1-16(2,3)8-15-18-13-7-11(5-6-14(13)23-15)19-24(21,22)12-9-17-20(4)10-12/h5-7,9-10,19H,8H2,1-4H3. The van der Waals surface area contributed by atoms with Gasteiger partial charge in [-0.3, -0.25) is 9.40 Å². The number of rotatable bonds is 4. The Labute approximate surface area is 140 Å². The van der Waals surface area contributed by atoms with Gasteiger partial charge < -0.3 is 4.42 Å². The maximum atomic E-state index is 12.3. The molecule has 0 aliphatic carbocycles. The Kier molecular flexibility index (Phi) is 3.87. The number of hydrogen-bond donors (Lipinski definition) is 1. The third kappa shape index (κ3) is 3.59. The first kappa shape index (κ1) is 16.5. The largest absolute Gasteiger partial charge is 0.441 e. The van der Waals surface area contributed by atoms with Crippen molar-refractivity contribution in [3.05, 3.63) is 36.5 Å². The van der Waals surface area contributed by atoms with E-state index in [4.69, 9.17) is 4.42 Å². The van der Waals surface area contributed by atoms with Gasteiger partial charge in [-0.1, -0.05) is 20.8 Å². The fraction of sp³-hybridized carbons (Fsp3) is 0.375. The number of oxazole rings is 1. The van der Waals surface area contributed by atoms with Crippen molar-refractivity contribution in [2.45, 2.75) is 32.1 Å². The highest BCUT2D eigenvalue weighted by molar-refractivity contribution is 7.92. The minimum Gasteiger partial charge on any atom is -0.441 e. The van der Waals surface area contributed by atoms with Crippen LogP contribution < -0.4 is 4.72 Å². The van der Waals surface area contributed by atoms with Gasteiger partial charge in [0.2, 0.25) is 0 Å². The molecule has 1 aromatic carbocycles. The Balaban J connectivity index is 1.88. The molecule has 0 unspecified atom stereocenters.